The molecule has 0 aliphatic carbocycles. The van der Waals surface area contributed by atoms with E-state index in [9.17, 15) is 14.4 Å². The summed E-state index contributed by atoms with van der Waals surface area (Å²) >= 11 is 0. The highest BCUT2D eigenvalue weighted by molar-refractivity contribution is 5.95. The zero-order valence-electron chi connectivity index (χ0n) is 18.0. The Hall–Kier alpha value is -4.73. The minimum absolute atomic E-state index is 0.00834. The minimum atomic E-state index is -0.735. The maximum Gasteiger partial charge on any atom is 0.341 e. The quantitative estimate of drug-likeness (QED) is 0.293. The average Bonchev–Trinajstić information content (AvgIpc) is 3.55. The van der Waals surface area contributed by atoms with Gasteiger partial charge in [-0.2, -0.15) is 4.99 Å². The maximum absolute atomic E-state index is 13.3. The lowest BCUT2D eigenvalue weighted by atomic mass is 10.2. The normalized spacial score (nSPS) is 11.9. The second-order valence-corrected chi connectivity index (χ2v) is 7.24. The number of pyridine rings is 2. The summed E-state index contributed by atoms with van der Waals surface area (Å²) in [5, 5.41) is 0.155. The molecule has 0 unspecified atom stereocenters. The summed E-state index contributed by atoms with van der Waals surface area (Å²) in [5.41, 5.74) is 0.141. The van der Waals surface area contributed by atoms with Crippen LogP contribution in [0.3, 0.4) is 0 Å². The molecule has 0 radical (unpaired) electrons. The van der Waals surface area contributed by atoms with Gasteiger partial charge in [-0.3, -0.25) is 14.0 Å². The Morgan fingerprint density at radius 3 is 2.65 bits per heavy atom. The van der Waals surface area contributed by atoms with Crippen LogP contribution in [-0.4, -0.2) is 32.4 Å². The summed E-state index contributed by atoms with van der Waals surface area (Å²) in [6, 6.07) is 12.9. The number of nitrogens with zero attached hydrogens (tertiary/aromatic N) is 4. The summed E-state index contributed by atoms with van der Waals surface area (Å²) < 4.78 is 18.7. The zero-order valence-corrected chi connectivity index (χ0v) is 18.0. The van der Waals surface area contributed by atoms with Gasteiger partial charge < -0.3 is 18.1 Å². The van der Waals surface area contributed by atoms with Crippen molar-refractivity contribution < 1.29 is 23.2 Å². The third kappa shape index (κ3) is 3.71. The van der Waals surface area contributed by atoms with E-state index in [1.807, 2.05) is 0 Å². The second kappa shape index (κ2) is 8.66. The lowest BCUT2D eigenvalue weighted by Crippen LogP contribution is -2.33. The molecule has 0 saturated heterocycles. The van der Waals surface area contributed by atoms with Gasteiger partial charge in [-0.25, -0.2) is 9.78 Å². The highest BCUT2D eigenvalue weighted by atomic mass is 16.5. The van der Waals surface area contributed by atoms with Crippen LogP contribution in [0.4, 0.5) is 0 Å². The Morgan fingerprint density at radius 2 is 1.91 bits per heavy atom. The Morgan fingerprint density at radius 1 is 1.09 bits per heavy atom. The van der Waals surface area contributed by atoms with E-state index in [1.54, 1.807) is 49.5 Å². The first kappa shape index (κ1) is 21.1. The molecule has 0 atom stereocenters. The number of amides is 1. The van der Waals surface area contributed by atoms with E-state index in [-0.39, 0.29) is 46.6 Å². The number of furan rings is 2. The molecule has 0 bridgehead atoms. The number of esters is 1. The molecule has 5 aromatic heterocycles. The van der Waals surface area contributed by atoms with Gasteiger partial charge in [0.1, 0.15) is 22.6 Å². The number of fused-ring (bicyclic) bond motifs is 2. The van der Waals surface area contributed by atoms with E-state index >= 15 is 0 Å². The predicted molar refractivity (Wildman–Crippen MR) is 119 cm³/mol. The standard InChI is InChI=1S/C24H18N4O6/c1-2-32-24(31)17-13-16-20(25-19-9-3-4-10-27(19)23(16)30)28(14-15-7-5-11-33-15)21(17)26-22(29)18-8-6-12-34-18/h3-13H,2,14H2,1H3. The fourth-order valence-electron chi connectivity index (χ4n) is 3.62. The molecule has 0 N–H and O–H groups in total. The second-order valence-electron chi connectivity index (χ2n) is 7.24. The van der Waals surface area contributed by atoms with E-state index < -0.39 is 11.9 Å². The molecule has 0 saturated carbocycles. The first-order valence-corrected chi connectivity index (χ1v) is 10.4. The summed E-state index contributed by atoms with van der Waals surface area (Å²) in [4.78, 5) is 47.9. The van der Waals surface area contributed by atoms with Gasteiger partial charge in [0.15, 0.2) is 11.2 Å². The first-order chi connectivity index (χ1) is 16.6. The molecule has 10 nitrogen and oxygen atoms in total. The minimum Gasteiger partial charge on any atom is -0.467 e. The number of ether oxygens (including phenoxy) is 1. The monoisotopic (exact) mass is 458 g/mol. The number of carbonyl (C=O) groups excluding carboxylic acids is 2. The van der Waals surface area contributed by atoms with Crippen LogP contribution >= 0.6 is 0 Å². The molecule has 1 amide bonds. The molecule has 0 aliphatic rings. The van der Waals surface area contributed by atoms with Crippen molar-refractivity contribution >= 4 is 28.6 Å². The Labute approximate surface area is 191 Å². The average molecular weight is 458 g/mol. The smallest absolute Gasteiger partial charge is 0.341 e. The lowest BCUT2D eigenvalue weighted by Gasteiger charge is -2.14. The molecule has 5 heterocycles. The summed E-state index contributed by atoms with van der Waals surface area (Å²) in [7, 11) is 0. The van der Waals surface area contributed by atoms with Crippen molar-refractivity contribution in [3.8, 4) is 0 Å². The summed E-state index contributed by atoms with van der Waals surface area (Å²) in [6.07, 6.45) is 4.43. The Balaban J connectivity index is 1.91. The van der Waals surface area contributed by atoms with Crippen molar-refractivity contribution in [2.45, 2.75) is 13.5 Å². The third-order valence-electron chi connectivity index (χ3n) is 5.12. The van der Waals surface area contributed by atoms with E-state index in [2.05, 4.69) is 9.98 Å². The fraction of sp³-hybridized carbons (Fsp3) is 0.125. The van der Waals surface area contributed by atoms with E-state index in [4.69, 9.17) is 13.6 Å². The van der Waals surface area contributed by atoms with Gasteiger partial charge in [0.25, 0.3) is 5.56 Å². The SMILES string of the molecule is CCOC(=O)c1cc2c(=O)n3ccccc3nc2n(Cc2ccco2)c1=NC(=O)c1ccco1. The van der Waals surface area contributed by atoms with Crippen LogP contribution < -0.4 is 11.0 Å². The molecule has 10 heteroatoms. The van der Waals surface area contributed by atoms with Gasteiger partial charge in [-0.05, 0) is 49.4 Å². The largest absolute Gasteiger partial charge is 0.467 e. The molecule has 0 aromatic carbocycles. The Kier molecular flexibility index (Phi) is 5.38. The highest BCUT2D eigenvalue weighted by Crippen LogP contribution is 2.14. The van der Waals surface area contributed by atoms with E-state index in [1.165, 1.54) is 33.6 Å². The van der Waals surface area contributed by atoms with Crippen molar-refractivity contribution in [3.63, 3.8) is 0 Å². The highest BCUT2D eigenvalue weighted by Gasteiger charge is 2.21. The number of aromatic nitrogens is 3. The third-order valence-corrected chi connectivity index (χ3v) is 5.12. The molecule has 0 spiro atoms. The molecule has 34 heavy (non-hydrogen) atoms. The van der Waals surface area contributed by atoms with Crippen LogP contribution in [-0.2, 0) is 11.3 Å². The van der Waals surface area contributed by atoms with Gasteiger partial charge in [0.2, 0.25) is 0 Å². The molecule has 5 aromatic rings. The number of hydrogen-bond donors (Lipinski definition) is 0. The Bertz CT molecular complexity index is 1640. The van der Waals surface area contributed by atoms with Crippen molar-refractivity contribution in [3.05, 3.63) is 100 Å². The van der Waals surface area contributed by atoms with Crippen molar-refractivity contribution in [1.82, 2.24) is 14.0 Å². The van der Waals surface area contributed by atoms with E-state index in [0.29, 0.717) is 11.4 Å². The van der Waals surface area contributed by atoms with Gasteiger partial charge in [-0.15, -0.1) is 0 Å². The number of carbonyl (C=O) groups is 2. The fourth-order valence-corrected chi connectivity index (χ4v) is 3.62. The van der Waals surface area contributed by atoms with Crippen LogP contribution in [0.25, 0.3) is 16.7 Å². The molecule has 0 aliphatic heterocycles. The number of hydrogen-bond acceptors (Lipinski definition) is 7. The van der Waals surface area contributed by atoms with Crippen molar-refractivity contribution in [2.75, 3.05) is 6.61 Å². The topological polar surface area (TPSA) is 121 Å². The molecule has 5 rings (SSSR count). The van der Waals surface area contributed by atoms with Gasteiger partial charge >= 0.3 is 11.9 Å². The molecular formula is C24H18N4O6. The van der Waals surface area contributed by atoms with Gasteiger partial charge in [-0.1, -0.05) is 6.07 Å². The van der Waals surface area contributed by atoms with Crippen LogP contribution in [0.1, 0.15) is 33.6 Å². The van der Waals surface area contributed by atoms with Gasteiger partial charge in [0, 0.05) is 6.20 Å². The molecular weight excluding hydrogens is 440 g/mol. The van der Waals surface area contributed by atoms with E-state index in [0.717, 1.165) is 0 Å². The maximum atomic E-state index is 13.3. The van der Waals surface area contributed by atoms with Crippen molar-refractivity contribution in [1.29, 1.82) is 0 Å². The lowest BCUT2D eigenvalue weighted by molar-refractivity contribution is 0.0523. The van der Waals surface area contributed by atoms with Crippen LogP contribution in [0.2, 0.25) is 0 Å². The first-order valence-electron chi connectivity index (χ1n) is 10.4. The summed E-state index contributed by atoms with van der Waals surface area (Å²) in [5.74, 6) is -0.947. The van der Waals surface area contributed by atoms with Crippen LogP contribution in [0.5, 0.6) is 0 Å². The van der Waals surface area contributed by atoms with Crippen LogP contribution in [0.15, 0.2) is 85.9 Å². The van der Waals surface area contributed by atoms with Crippen LogP contribution in [0, 0.1) is 0 Å². The number of rotatable bonds is 5. The molecule has 0 fully saturated rings. The molecule has 170 valence electrons. The predicted octanol–water partition coefficient (Wildman–Crippen LogP) is 2.80. The van der Waals surface area contributed by atoms with Crippen molar-refractivity contribution in [2.24, 2.45) is 4.99 Å². The van der Waals surface area contributed by atoms with Gasteiger partial charge in [0.05, 0.1) is 31.1 Å². The zero-order chi connectivity index (χ0) is 23.7. The summed E-state index contributed by atoms with van der Waals surface area (Å²) in [6.45, 7) is 1.80.